The lowest BCUT2D eigenvalue weighted by molar-refractivity contribution is -0.0920. The number of hydrogen-bond donors (Lipinski definition) is 3. The molecule has 7 heteroatoms. The van der Waals surface area contributed by atoms with Gasteiger partial charge in [0.15, 0.2) is 0 Å². The average molecular weight is 591 g/mol. The van der Waals surface area contributed by atoms with Gasteiger partial charge in [-0.2, -0.15) is 0 Å². The van der Waals surface area contributed by atoms with Gasteiger partial charge in [-0.25, -0.2) is 0 Å². The van der Waals surface area contributed by atoms with Gasteiger partial charge in [0, 0.05) is 57.1 Å². The van der Waals surface area contributed by atoms with Crippen molar-refractivity contribution in [1.82, 2.24) is 15.1 Å². The summed E-state index contributed by atoms with van der Waals surface area (Å²) < 4.78 is 0. The number of piperidine rings is 2. The van der Waals surface area contributed by atoms with E-state index in [0.717, 1.165) is 51.5 Å². The Balaban J connectivity index is 2.28. The molecule has 2 rings (SSSR count). The van der Waals surface area contributed by atoms with Crippen LogP contribution in [0, 0.1) is 5.41 Å². The third-order valence-electron chi connectivity index (χ3n) is 9.86. The second kappa shape index (κ2) is 12.2. The first kappa shape index (κ1) is 35.6. The molecule has 2 fully saturated rings. The van der Waals surface area contributed by atoms with Crippen LogP contribution in [-0.2, 0) is 0 Å². The quantitative estimate of drug-likeness (QED) is 0.238. The van der Waals surface area contributed by atoms with Crippen LogP contribution >= 0.6 is 23.2 Å². The van der Waals surface area contributed by atoms with Crippen LogP contribution in [0.1, 0.15) is 135 Å². The fourth-order valence-corrected chi connectivity index (χ4v) is 9.00. The van der Waals surface area contributed by atoms with Crippen LogP contribution < -0.4 is 16.8 Å². The van der Waals surface area contributed by atoms with Crippen molar-refractivity contribution < 1.29 is 0 Å². The lowest BCUT2D eigenvalue weighted by atomic mass is 9.75. The van der Waals surface area contributed by atoms with Crippen molar-refractivity contribution in [2.24, 2.45) is 16.9 Å². The molecule has 0 aromatic heterocycles. The largest absolute Gasteiger partial charge is 0.326 e. The fourth-order valence-electron chi connectivity index (χ4n) is 8.17. The predicted octanol–water partition coefficient (Wildman–Crippen LogP) is 7.07. The first-order chi connectivity index (χ1) is 17.3. The van der Waals surface area contributed by atoms with E-state index in [-0.39, 0.29) is 62.1 Å². The Kier molecular flexibility index (Phi) is 11.1. The van der Waals surface area contributed by atoms with E-state index in [2.05, 4.69) is 105 Å². The van der Waals surface area contributed by atoms with Crippen molar-refractivity contribution in [2.45, 2.75) is 192 Å². The Labute approximate surface area is 252 Å². The van der Waals surface area contributed by atoms with E-state index in [4.69, 9.17) is 34.7 Å². The van der Waals surface area contributed by atoms with Crippen molar-refractivity contribution >= 4 is 23.2 Å². The molecule has 5 atom stereocenters. The zero-order valence-electron chi connectivity index (χ0n) is 27.8. The number of likely N-dealkylation sites (tertiary alicyclic amines) is 2. The Hall–Kier alpha value is 0.380. The lowest BCUT2D eigenvalue weighted by Crippen LogP contribution is -2.73. The Morgan fingerprint density at radius 2 is 1.26 bits per heavy atom. The summed E-state index contributed by atoms with van der Waals surface area (Å²) in [5, 5.41) is 3.97. The van der Waals surface area contributed by atoms with Gasteiger partial charge in [-0.05, 0) is 120 Å². The van der Waals surface area contributed by atoms with E-state index in [9.17, 15) is 0 Å². The lowest BCUT2D eigenvalue weighted by Gasteiger charge is -2.60. The standard InChI is InChI=1S/C32H65Cl2N5/c1-27(2,3)21-28(4,5)37-26(39-30(8,9)17-15-25(36)32(39,12)13)19-22(33)18-23(34)20-38-29(6,7)16-14-24(35)31(38,10)11/h22-26,37H,14-21,35-36H2,1-13H3. The highest BCUT2D eigenvalue weighted by Gasteiger charge is 2.50. The molecule has 0 aliphatic carbocycles. The Bertz CT molecular complexity index is 801. The van der Waals surface area contributed by atoms with E-state index in [1.165, 1.54) is 0 Å². The summed E-state index contributed by atoms with van der Waals surface area (Å²) in [5.74, 6) is 0. The minimum absolute atomic E-state index is 0.00378. The zero-order chi connectivity index (χ0) is 30.4. The highest BCUT2D eigenvalue weighted by atomic mass is 35.5. The number of halogens is 2. The van der Waals surface area contributed by atoms with Crippen LogP contribution in [0.25, 0.3) is 0 Å². The van der Waals surface area contributed by atoms with Gasteiger partial charge in [0.1, 0.15) is 0 Å². The van der Waals surface area contributed by atoms with Crippen LogP contribution in [-0.4, -0.2) is 73.0 Å². The molecule has 5 N–H and O–H groups in total. The molecule has 39 heavy (non-hydrogen) atoms. The molecule has 0 bridgehead atoms. The summed E-state index contributed by atoms with van der Waals surface area (Å²) in [6.45, 7) is 30.9. The van der Waals surface area contributed by atoms with Gasteiger partial charge < -0.3 is 11.5 Å². The first-order valence-corrected chi connectivity index (χ1v) is 16.3. The normalized spacial score (nSPS) is 30.1. The molecule has 232 valence electrons. The van der Waals surface area contributed by atoms with Crippen molar-refractivity contribution in [3.8, 4) is 0 Å². The summed E-state index contributed by atoms with van der Waals surface area (Å²) >= 11 is 14.4. The predicted molar refractivity (Wildman–Crippen MR) is 173 cm³/mol. The molecule has 0 aromatic rings. The van der Waals surface area contributed by atoms with E-state index >= 15 is 0 Å². The second-order valence-corrected chi connectivity index (χ2v) is 18.4. The third kappa shape index (κ3) is 8.94. The highest BCUT2D eigenvalue weighted by Crippen LogP contribution is 2.42. The molecule has 2 saturated heterocycles. The van der Waals surface area contributed by atoms with Crippen molar-refractivity contribution in [1.29, 1.82) is 0 Å². The highest BCUT2D eigenvalue weighted by molar-refractivity contribution is 6.23. The molecule has 0 radical (unpaired) electrons. The SMILES string of the molecule is CC(C)(C)CC(C)(C)NC(CC(Cl)CC(Cl)CN1C(C)(C)CCC(N)C1(C)C)N1C(C)(C)CCC(N)C1(C)C. The summed E-state index contributed by atoms with van der Waals surface area (Å²) in [4.78, 5) is 5.18. The van der Waals surface area contributed by atoms with Gasteiger partial charge in [0.05, 0.1) is 6.17 Å². The average Bonchev–Trinajstić information content (AvgIpc) is 2.69. The molecule has 2 aliphatic heterocycles. The number of nitrogens with two attached hydrogens (primary N) is 2. The Morgan fingerprint density at radius 3 is 1.77 bits per heavy atom. The number of hydrogen-bond acceptors (Lipinski definition) is 5. The van der Waals surface area contributed by atoms with Crippen LogP contribution in [0.15, 0.2) is 0 Å². The summed E-state index contributed by atoms with van der Waals surface area (Å²) in [6.07, 6.45) is 6.93. The van der Waals surface area contributed by atoms with E-state index in [1.807, 2.05) is 0 Å². The summed E-state index contributed by atoms with van der Waals surface area (Å²) in [7, 11) is 0. The molecule has 5 unspecified atom stereocenters. The number of nitrogens with zero attached hydrogens (tertiary/aromatic N) is 2. The third-order valence-corrected chi connectivity index (χ3v) is 10.5. The maximum absolute atomic E-state index is 7.24. The van der Waals surface area contributed by atoms with Crippen LogP contribution in [0.4, 0.5) is 0 Å². The van der Waals surface area contributed by atoms with Crippen LogP contribution in [0.5, 0.6) is 0 Å². The summed E-state index contributed by atoms with van der Waals surface area (Å²) in [6, 6.07) is 0.260. The molecule has 5 nitrogen and oxygen atoms in total. The molecule has 0 amide bonds. The van der Waals surface area contributed by atoms with E-state index in [0.29, 0.717) is 0 Å². The van der Waals surface area contributed by atoms with Gasteiger partial charge in [0.2, 0.25) is 0 Å². The van der Waals surface area contributed by atoms with Crippen molar-refractivity contribution in [2.75, 3.05) is 6.54 Å². The van der Waals surface area contributed by atoms with E-state index < -0.39 is 0 Å². The van der Waals surface area contributed by atoms with Gasteiger partial charge >= 0.3 is 0 Å². The maximum Gasteiger partial charge on any atom is 0.0625 e. The molecular weight excluding hydrogens is 525 g/mol. The number of nitrogens with one attached hydrogen (secondary N) is 1. The van der Waals surface area contributed by atoms with Gasteiger partial charge in [-0.1, -0.05) is 20.8 Å². The maximum atomic E-state index is 7.24. The molecule has 2 heterocycles. The molecule has 0 aromatic carbocycles. The molecule has 0 saturated carbocycles. The monoisotopic (exact) mass is 589 g/mol. The molecule has 0 spiro atoms. The smallest absolute Gasteiger partial charge is 0.0625 e. The molecule has 2 aliphatic rings. The van der Waals surface area contributed by atoms with Crippen LogP contribution in [0.3, 0.4) is 0 Å². The first-order valence-electron chi connectivity index (χ1n) is 15.5. The topological polar surface area (TPSA) is 70.5 Å². The Morgan fingerprint density at radius 1 is 0.769 bits per heavy atom. The van der Waals surface area contributed by atoms with Gasteiger partial charge in [-0.3, -0.25) is 15.1 Å². The van der Waals surface area contributed by atoms with E-state index in [1.54, 1.807) is 0 Å². The summed E-state index contributed by atoms with van der Waals surface area (Å²) in [5.41, 5.74) is 13.3. The minimum atomic E-state index is -0.161. The fraction of sp³-hybridized carbons (Fsp3) is 1.00. The molecular formula is C32H65Cl2N5. The number of rotatable bonds is 10. The number of alkyl halides is 2. The van der Waals surface area contributed by atoms with Crippen LogP contribution in [0.2, 0.25) is 0 Å². The minimum Gasteiger partial charge on any atom is -0.326 e. The van der Waals surface area contributed by atoms with Crippen molar-refractivity contribution in [3.63, 3.8) is 0 Å². The van der Waals surface area contributed by atoms with Gasteiger partial charge in [-0.15, -0.1) is 23.2 Å². The van der Waals surface area contributed by atoms with Gasteiger partial charge in [0.25, 0.3) is 0 Å². The van der Waals surface area contributed by atoms with Crippen molar-refractivity contribution in [3.05, 3.63) is 0 Å². The zero-order valence-corrected chi connectivity index (χ0v) is 29.4. The second-order valence-electron chi connectivity index (χ2n) is 17.2.